The van der Waals surface area contributed by atoms with E-state index in [1.165, 1.54) is 4.90 Å². The van der Waals surface area contributed by atoms with E-state index in [1.807, 2.05) is 0 Å². The molecule has 0 atom stereocenters. The van der Waals surface area contributed by atoms with Crippen LogP contribution in [0.4, 0.5) is 0 Å². The monoisotopic (exact) mass is 227 g/mol. The van der Waals surface area contributed by atoms with Crippen LogP contribution in [0.25, 0.3) is 0 Å². The number of carbonyl (C=O) groups is 2. The summed E-state index contributed by atoms with van der Waals surface area (Å²) in [6.45, 7) is 0.329. The molecule has 2 amide bonds. The number of rotatable bonds is 4. The average Bonchev–Trinajstić information content (AvgIpc) is 2.28. The predicted molar refractivity (Wildman–Crippen MR) is 61.4 cm³/mol. The van der Waals surface area contributed by atoms with Gasteiger partial charge >= 0.3 is 0 Å². The first kappa shape index (κ1) is 13.0. The first-order chi connectivity index (χ1) is 7.52. The maximum atomic E-state index is 12.2. The molecule has 92 valence electrons. The molecule has 0 aromatic rings. The van der Waals surface area contributed by atoms with E-state index in [9.17, 15) is 9.59 Å². The molecule has 4 N–H and O–H groups in total. The van der Waals surface area contributed by atoms with E-state index < -0.39 is 11.3 Å². The molecule has 0 spiro atoms. The van der Waals surface area contributed by atoms with E-state index in [2.05, 4.69) is 0 Å². The lowest BCUT2D eigenvalue weighted by Gasteiger charge is -2.37. The standard InChI is InChI=1S/C11H21N3O2/c1-14(7-9(13)15)10(16)11(8-12)5-3-2-4-6-11/h2-8,12H2,1H3,(H2,13,15). The van der Waals surface area contributed by atoms with Crippen LogP contribution >= 0.6 is 0 Å². The third-order valence-electron chi connectivity index (χ3n) is 3.39. The average molecular weight is 227 g/mol. The van der Waals surface area contributed by atoms with Crippen molar-refractivity contribution in [1.29, 1.82) is 0 Å². The van der Waals surface area contributed by atoms with Crippen molar-refractivity contribution in [2.24, 2.45) is 16.9 Å². The zero-order chi connectivity index (χ0) is 12.2. The topological polar surface area (TPSA) is 89.4 Å². The Morgan fingerprint density at radius 1 is 1.25 bits per heavy atom. The van der Waals surface area contributed by atoms with Gasteiger partial charge in [-0.15, -0.1) is 0 Å². The van der Waals surface area contributed by atoms with Gasteiger partial charge in [-0.05, 0) is 12.8 Å². The summed E-state index contributed by atoms with van der Waals surface area (Å²) in [7, 11) is 1.61. The molecule has 5 heteroatoms. The molecule has 1 fully saturated rings. The smallest absolute Gasteiger partial charge is 0.237 e. The molecule has 0 aliphatic heterocycles. The fraction of sp³-hybridized carbons (Fsp3) is 0.818. The summed E-state index contributed by atoms with van der Waals surface area (Å²) in [4.78, 5) is 24.4. The van der Waals surface area contributed by atoms with Gasteiger partial charge in [-0.3, -0.25) is 9.59 Å². The highest BCUT2D eigenvalue weighted by Gasteiger charge is 2.40. The second-order valence-electron chi connectivity index (χ2n) is 4.67. The van der Waals surface area contributed by atoms with Crippen molar-refractivity contribution in [3.05, 3.63) is 0 Å². The Labute approximate surface area is 96.1 Å². The summed E-state index contributed by atoms with van der Waals surface area (Å²) >= 11 is 0. The molecule has 0 bridgehead atoms. The summed E-state index contributed by atoms with van der Waals surface area (Å²) in [5.74, 6) is -0.521. The van der Waals surface area contributed by atoms with Gasteiger partial charge in [0.25, 0.3) is 0 Å². The lowest BCUT2D eigenvalue weighted by Crippen LogP contribution is -2.49. The van der Waals surface area contributed by atoms with Crippen molar-refractivity contribution in [2.75, 3.05) is 20.1 Å². The van der Waals surface area contributed by atoms with Crippen LogP contribution in [-0.2, 0) is 9.59 Å². The van der Waals surface area contributed by atoms with Gasteiger partial charge in [0.2, 0.25) is 11.8 Å². The van der Waals surface area contributed by atoms with Crippen molar-refractivity contribution < 1.29 is 9.59 Å². The number of hydrogen-bond acceptors (Lipinski definition) is 3. The lowest BCUT2D eigenvalue weighted by molar-refractivity contribution is -0.144. The number of nitrogens with two attached hydrogens (primary N) is 2. The first-order valence-corrected chi connectivity index (χ1v) is 5.76. The first-order valence-electron chi connectivity index (χ1n) is 5.76. The van der Waals surface area contributed by atoms with Crippen LogP contribution in [0.2, 0.25) is 0 Å². The Morgan fingerprint density at radius 3 is 2.25 bits per heavy atom. The molecule has 0 aromatic heterocycles. The zero-order valence-corrected chi connectivity index (χ0v) is 9.87. The molecule has 0 unspecified atom stereocenters. The van der Waals surface area contributed by atoms with Crippen LogP contribution in [-0.4, -0.2) is 36.9 Å². The Hall–Kier alpha value is -1.10. The van der Waals surface area contributed by atoms with Crippen molar-refractivity contribution >= 4 is 11.8 Å². The summed E-state index contributed by atoms with van der Waals surface area (Å²) in [5.41, 5.74) is 10.4. The van der Waals surface area contributed by atoms with Gasteiger partial charge in [0.05, 0.1) is 12.0 Å². The van der Waals surface area contributed by atoms with E-state index in [0.29, 0.717) is 6.54 Å². The molecule has 5 nitrogen and oxygen atoms in total. The number of primary amides is 1. The van der Waals surface area contributed by atoms with Gasteiger partial charge in [-0.25, -0.2) is 0 Å². The predicted octanol–water partition coefficient (Wildman–Crippen LogP) is -0.161. The second-order valence-corrected chi connectivity index (χ2v) is 4.67. The van der Waals surface area contributed by atoms with Crippen molar-refractivity contribution in [3.63, 3.8) is 0 Å². The Kier molecular flexibility index (Phi) is 4.29. The molecule has 1 rings (SSSR count). The highest BCUT2D eigenvalue weighted by molar-refractivity contribution is 5.87. The van der Waals surface area contributed by atoms with Crippen LogP contribution in [0.1, 0.15) is 32.1 Å². The summed E-state index contributed by atoms with van der Waals surface area (Å²) in [5, 5.41) is 0. The number of hydrogen-bond donors (Lipinski definition) is 2. The highest BCUT2D eigenvalue weighted by atomic mass is 16.2. The maximum Gasteiger partial charge on any atom is 0.237 e. The molecule has 1 saturated carbocycles. The maximum absolute atomic E-state index is 12.2. The third kappa shape index (κ3) is 2.72. The number of likely N-dealkylation sites (N-methyl/N-ethyl adjacent to an activating group) is 1. The minimum atomic E-state index is -0.487. The normalized spacial score (nSPS) is 19.1. The van der Waals surface area contributed by atoms with Gasteiger partial charge in [-0.2, -0.15) is 0 Å². The Bertz CT molecular complexity index is 272. The van der Waals surface area contributed by atoms with E-state index >= 15 is 0 Å². The fourth-order valence-electron chi connectivity index (χ4n) is 2.44. The van der Waals surface area contributed by atoms with E-state index in [1.54, 1.807) is 7.05 Å². The number of carbonyl (C=O) groups excluding carboxylic acids is 2. The van der Waals surface area contributed by atoms with Gasteiger partial charge in [0.15, 0.2) is 0 Å². The van der Waals surface area contributed by atoms with Gasteiger partial charge in [0.1, 0.15) is 0 Å². The largest absolute Gasteiger partial charge is 0.368 e. The number of nitrogens with zero attached hydrogens (tertiary/aromatic N) is 1. The summed E-state index contributed by atoms with van der Waals surface area (Å²) in [6, 6.07) is 0. The fourth-order valence-corrected chi connectivity index (χ4v) is 2.44. The van der Waals surface area contributed by atoms with E-state index in [-0.39, 0.29) is 12.5 Å². The van der Waals surface area contributed by atoms with Crippen LogP contribution in [0.15, 0.2) is 0 Å². The molecule has 0 heterocycles. The Morgan fingerprint density at radius 2 is 1.81 bits per heavy atom. The zero-order valence-electron chi connectivity index (χ0n) is 9.87. The summed E-state index contributed by atoms with van der Waals surface area (Å²) < 4.78 is 0. The molecule has 0 aromatic carbocycles. The molecular formula is C11H21N3O2. The SMILES string of the molecule is CN(CC(N)=O)C(=O)C1(CN)CCCCC1. The van der Waals surface area contributed by atoms with Gasteiger partial charge in [-0.1, -0.05) is 19.3 Å². The van der Waals surface area contributed by atoms with Crippen LogP contribution in [0.5, 0.6) is 0 Å². The quantitative estimate of drug-likeness (QED) is 0.699. The summed E-state index contributed by atoms with van der Waals surface area (Å²) in [6.07, 6.45) is 4.88. The number of amides is 2. The Balaban J connectivity index is 2.71. The van der Waals surface area contributed by atoms with Crippen LogP contribution < -0.4 is 11.5 Å². The molecular weight excluding hydrogens is 206 g/mol. The van der Waals surface area contributed by atoms with E-state index in [4.69, 9.17) is 11.5 Å². The van der Waals surface area contributed by atoms with Gasteiger partial charge < -0.3 is 16.4 Å². The second kappa shape index (κ2) is 5.30. The van der Waals surface area contributed by atoms with Crippen molar-refractivity contribution in [2.45, 2.75) is 32.1 Å². The molecule has 16 heavy (non-hydrogen) atoms. The third-order valence-corrected chi connectivity index (χ3v) is 3.39. The van der Waals surface area contributed by atoms with Crippen LogP contribution in [0, 0.1) is 5.41 Å². The molecule has 1 aliphatic carbocycles. The lowest BCUT2D eigenvalue weighted by atomic mass is 9.73. The minimum absolute atomic E-state index is 0.0272. The van der Waals surface area contributed by atoms with Gasteiger partial charge in [0, 0.05) is 13.6 Å². The highest BCUT2D eigenvalue weighted by Crippen LogP contribution is 2.36. The van der Waals surface area contributed by atoms with Crippen LogP contribution in [0.3, 0.4) is 0 Å². The minimum Gasteiger partial charge on any atom is -0.368 e. The molecule has 0 saturated heterocycles. The van der Waals surface area contributed by atoms with Crippen molar-refractivity contribution in [1.82, 2.24) is 4.90 Å². The molecule has 1 aliphatic rings. The van der Waals surface area contributed by atoms with E-state index in [0.717, 1.165) is 32.1 Å². The van der Waals surface area contributed by atoms with Crippen molar-refractivity contribution in [3.8, 4) is 0 Å². The molecule has 0 radical (unpaired) electrons.